The van der Waals surface area contributed by atoms with Crippen LogP contribution in [0.25, 0.3) is 0 Å². The number of hydrogen-bond donors (Lipinski definition) is 2. The first-order valence-corrected chi connectivity index (χ1v) is 19.0. The summed E-state index contributed by atoms with van der Waals surface area (Å²) in [7, 11) is -1.80. The van der Waals surface area contributed by atoms with Gasteiger partial charge < -0.3 is 10.2 Å². The SMILES string of the molecule is Cc1cc(C)c(P(Nc2ccccc2NP(c2c(C)cc(C)cc2C)c2c(C)cc(C)cc2C)c2c(C)cc(C)cc2C)c(C)c1. The van der Waals surface area contributed by atoms with Crippen molar-refractivity contribution in [2.45, 2.75) is 83.1 Å². The summed E-state index contributed by atoms with van der Waals surface area (Å²) in [5, 5.41) is 14.0. The summed E-state index contributed by atoms with van der Waals surface area (Å²) in [5.74, 6) is 0. The van der Waals surface area contributed by atoms with Crippen LogP contribution in [0.3, 0.4) is 0 Å². The molecule has 5 rings (SSSR count). The van der Waals surface area contributed by atoms with E-state index >= 15 is 0 Å². The van der Waals surface area contributed by atoms with Crippen LogP contribution in [0, 0.1) is 83.1 Å². The molecule has 2 nitrogen and oxygen atoms in total. The number of para-hydroxylation sites is 2. The van der Waals surface area contributed by atoms with Crippen LogP contribution < -0.4 is 31.4 Å². The Balaban J connectivity index is 1.70. The van der Waals surface area contributed by atoms with E-state index in [-0.39, 0.29) is 0 Å². The Kier molecular flexibility index (Phi) is 10.1. The highest BCUT2D eigenvalue weighted by atomic mass is 31.1. The third-order valence-electron chi connectivity index (χ3n) is 8.83. The Morgan fingerprint density at radius 3 is 0.717 bits per heavy atom. The molecule has 238 valence electrons. The van der Waals surface area contributed by atoms with Crippen molar-refractivity contribution in [2.75, 3.05) is 10.2 Å². The van der Waals surface area contributed by atoms with E-state index in [0.29, 0.717) is 0 Å². The summed E-state index contributed by atoms with van der Waals surface area (Å²) < 4.78 is 0. The fraction of sp³-hybridized carbons (Fsp3) is 0.286. The van der Waals surface area contributed by atoms with Crippen molar-refractivity contribution in [1.29, 1.82) is 0 Å². The van der Waals surface area contributed by atoms with Crippen molar-refractivity contribution >= 4 is 48.7 Å². The molecule has 46 heavy (non-hydrogen) atoms. The van der Waals surface area contributed by atoms with Crippen LogP contribution >= 0.6 is 16.1 Å². The first-order valence-electron chi connectivity index (χ1n) is 16.3. The summed E-state index contributed by atoms with van der Waals surface area (Å²) in [6.07, 6.45) is 0. The number of hydrogen-bond acceptors (Lipinski definition) is 2. The highest BCUT2D eigenvalue weighted by Crippen LogP contribution is 2.46. The van der Waals surface area contributed by atoms with Crippen molar-refractivity contribution in [3.8, 4) is 0 Å². The van der Waals surface area contributed by atoms with E-state index in [2.05, 4.69) is 166 Å². The van der Waals surface area contributed by atoms with E-state index < -0.39 is 16.1 Å². The van der Waals surface area contributed by atoms with Crippen LogP contribution in [0.15, 0.2) is 72.8 Å². The first-order chi connectivity index (χ1) is 21.7. The first kappa shape index (κ1) is 33.9. The molecule has 0 radical (unpaired) electrons. The molecule has 0 fully saturated rings. The lowest BCUT2D eigenvalue weighted by Crippen LogP contribution is -2.27. The monoisotopic (exact) mass is 644 g/mol. The van der Waals surface area contributed by atoms with Gasteiger partial charge in [-0.1, -0.05) is 82.9 Å². The Morgan fingerprint density at radius 2 is 0.522 bits per heavy atom. The van der Waals surface area contributed by atoms with Crippen molar-refractivity contribution in [1.82, 2.24) is 0 Å². The van der Waals surface area contributed by atoms with E-state index in [1.54, 1.807) is 0 Å². The molecule has 0 amide bonds. The molecule has 0 heterocycles. The van der Waals surface area contributed by atoms with Gasteiger partial charge in [-0.2, -0.15) is 0 Å². The van der Waals surface area contributed by atoms with Gasteiger partial charge in [-0.15, -0.1) is 0 Å². The lowest BCUT2D eigenvalue weighted by Gasteiger charge is -2.31. The van der Waals surface area contributed by atoms with Crippen molar-refractivity contribution < 1.29 is 0 Å². The quantitative estimate of drug-likeness (QED) is 0.164. The van der Waals surface area contributed by atoms with Crippen LogP contribution in [0.4, 0.5) is 11.4 Å². The maximum absolute atomic E-state index is 4.18. The van der Waals surface area contributed by atoms with Gasteiger partial charge in [0.1, 0.15) is 0 Å². The summed E-state index contributed by atoms with van der Waals surface area (Å²) in [6.45, 7) is 27.0. The predicted molar refractivity (Wildman–Crippen MR) is 209 cm³/mol. The van der Waals surface area contributed by atoms with E-state index in [0.717, 1.165) is 11.4 Å². The lowest BCUT2D eigenvalue weighted by atomic mass is 10.1. The molecule has 0 unspecified atom stereocenters. The van der Waals surface area contributed by atoms with Gasteiger partial charge in [0.2, 0.25) is 0 Å². The zero-order chi connectivity index (χ0) is 33.4. The van der Waals surface area contributed by atoms with Crippen LogP contribution in [-0.2, 0) is 0 Å². The molecule has 0 spiro atoms. The van der Waals surface area contributed by atoms with E-state index in [4.69, 9.17) is 0 Å². The number of aryl methyl sites for hydroxylation is 12. The molecule has 0 saturated heterocycles. The van der Waals surface area contributed by atoms with Crippen LogP contribution in [0.2, 0.25) is 0 Å². The van der Waals surface area contributed by atoms with Gasteiger partial charge in [-0.05, 0) is 140 Å². The summed E-state index contributed by atoms with van der Waals surface area (Å²) in [5.41, 5.74) is 18.3. The average Bonchev–Trinajstić information content (AvgIpc) is 2.91. The highest BCUT2D eigenvalue weighted by molar-refractivity contribution is 7.75. The third kappa shape index (κ3) is 6.95. The summed E-state index contributed by atoms with van der Waals surface area (Å²) in [6, 6.07) is 27.6. The van der Waals surface area contributed by atoms with Gasteiger partial charge >= 0.3 is 0 Å². The van der Waals surface area contributed by atoms with Crippen LogP contribution in [-0.4, -0.2) is 0 Å². The number of rotatable bonds is 8. The summed E-state index contributed by atoms with van der Waals surface area (Å²) >= 11 is 0. The molecule has 5 aromatic rings. The Morgan fingerprint density at radius 1 is 0.326 bits per heavy atom. The topological polar surface area (TPSA) is 24.1 Å². The smallest absolute Gasteiger partial charge is 0.0615 e. The number of nitrogens with one attached hydrogen (secondary N) is 2. The molecular formula is C42H50N2P2. The second-order valence-electron chi connectivity index (χ2n) is 13.4. The molecule has 0 aliphatic carbocycles. The van der Waals surface area contributed by atoms with E-state index in [9.17, 15) is 0 Å². The molecular weight excluding hydrogens is 594 g/mol. The van der Waals surface area contributed by atoms with Crippen molar-refractivity contribution in [2.24, 2.45) is 0 Å². The van der Waals surface area contributed by atoms with Crippen LogP contribution in [0.5, 0.6) is 0 Å². The largest absolute Gasteiger partial charge is 0.355 e. The maximum atomic E-state index is 4.18. The molecule has 0 aliphatic heterocycles. The second-order valence-corrected chi connectivity index (χ2v) is 17.0. The Bertz CT molecular complexity index is 1590. The molecule has 0 atom stereocenters. The second kappa shape index (κ2) is 13.7. The third-order valence-corrected chi connectivity index (χ3v) is 14.4. The average molecular weight is 645 g/mol. The fourth-order valence-corrected chi connectivity index (χ4v) is 12.6. The maximum Gasteiger partial charge on any atom is 0.0615 e. The normalized spacial score (nSPS) is 11.4. The molecule has 2 N–H and O–H groups in total. The predicted octanol–water partition coefficient (Wildman–Crippen LogP) is 10.3. The van der Waals surface area contributed by atoms with Crippen molar-refractivity contribution in [3.63, 3.8) is 0 Å². The molecule has 0 aromatic heterocycles. The van der Waals surface area contributed by atoms with Crippen molar-refractivity contribution in [3.05, 3.63) is 140 Å². The Hall–Kier alpha value is -3.44. The fourth-order valence-electron chi connectivity index (χ4n) is 7.47. The van der Waals surface area contributed by atoms with Crippen LogP contribution in [0.1, 0.15) is 66.8 Å². The van der Waals surface area contributed by atoms with E-state index in [1.807, 2.05) is 0 Å². The van der Waals surface area contributed by atoms with Gasteiger partial charge in [0.25, 0.3) is 0 Å². The molecule has 4 heteroatoms. The molecule has 0 bridgehead atoms. The van der Waals surface area contributed by atoms with Gasteiger partial charge in [0.15, 0.2) is 0 Å². The molecule has 0 aliphatic rings. The van der Waals surface area contributed by atoms with Gasteiger partial charge in [0, 0.05) is 21.2 Å². The minimum atomic E-state index is -0.901. The summed E-state index contributed by atoms with van der Waals surface area (Å²) in [4.78, 5) is 0. The van der Waals surface area contributed by atoms with Gasteiger partial charge in [-0.3, -0.25) is 0 Å². The molecule has 5 aromatic carbocycles. The highest BCUT2D eigenvalue weighted by Gasteiger charge is 2.27. The molecule has 0 saturated carbocycles. The van der Waals surface area contributed by atoms with Gasteiger partial charge in [-0.25, -0.2) is 0 Å². The Labute approximate surface area is 280 Å². The lowest BCUT2D eigenvalue weighted by molar-refractivity contribution is 1.34. The van der Waals surface area contributed by atoms with Gasteiger partial charge in [0.05, 0.1) is 27.5 Å². The van der Waals surface area contributed by atoms with E-state index in [1.165, 1.54) is 88.0 Å². The standard InChI is InChI=1S/C42H50N2P2/c1-25-17-29(5)39(30(6)18-25)45(40-31(7)19-26(2)20-32(40)8)43-37-15-13-14-16-38(37)44-46(41-33(9)21-27(3)22-34(41)10)42-35(11)23-28(4)24-36(42)12/h13-24,43-44H,1-12H3. The minimum absolute atomic E-state index is 0.901. The minimum Gasteiger partial charge on any atom is -0.355 e. The number of anilines is 2. The zero-order valence-corrected chi connectivity index (χ0v) is 31.6. The number of benzene rings is 5. The zero-order valence-electron chi connectivity index (χ0n) is 29.8.